The van der Waals surface area contributed by atoms with E-state index in [1.54, 1.807) is 30.1 Å². The van der Waals surface area contributed by atoms with Gasteiger partial charge in [-0.3, -0.25) is 14.6 Å². The molecule has 2 amide bonds. The van der Waals surface area contributed by atoms with Crippen molar-refractivity contribution in [2.45, 2.75) is 64.8 Å². The number of aliphatic hydroxyl groups is 1. The Morgan fingerprint density at radius 2 is 1.70 bits per heavy atom. The van der Waals surface area contributed by atoms with E-state index in [0.29, 0.717) is 30.6 Å². The second-order valence-electron chi connectivity index (χ2n) is 13.0. The average molecular weight is 643 g/mol. The number of pyridine rings is 1. The van der Waals surface area contributed by atoms with Crippen molar-refractivity contribution in [2.75, 3.05) is 32.6 Å². The third-order valence-electron chi connectivity index (χ3n) is 7.75. The van der Waals surface area contributed by atoms with Crippen LogP contribution in [0.5, 0.6) is 0 Å². The molecule has 3 N–H and O–H groups in total. The minimum atomic E-state index is -0.881. The first kappa shape index (κ1) is 34.7. The van der Waals surface area contributed by atoms with Crippen molar-refractivity contribution in [3.05, 3.63) is 111 Å². The van der Waals surface area contributed by atoms with E-state index in [4.69, 9.17) is 0 Å². The van der Waals surface area contributed by atoms with Gasteiger partial charge in [0.1, 0.15) is 5.01 Å². The highest BCUT2D eigenvalue weighted by molar-refractivity contribution is 7.09. The maximum atomic E-state index is 13.8. The largest absolute Gasteiger partial charge is 0.390 e. The van der Waals surface area contributed by atoms with E-state index in [0.717, 1.165) is 33.1 Å². The molecule has 2 aromatic heterocycles. The molecule has 0 aliphatic carbocycles. The van der Waals surface area contributed by atoms with Crippen molar-refractivity contribution in [3.63, 3.8) is 0 Å². The van der Waals surface area contributed by atoms with Crippen LogP contribution in [0.25, 0.3) is 0 Å². The van der Waals surface area contributed by atoms with Crippen molar-refractivity contribution in [3.8, 4) is 0 Å². The van der Waals surface area contributed by atoms with Gasteiger partial charge in [-0.1, -0.05) is 57.2 Å². The normalized spacial score (nSPS) is 12.8. The number of carbonyl (C=O) groups excluding carboxylic acids is 2. The average Bonchev–Trinajstić information content (AvgIpc) is 3.44. The van der Waals surface area contributed by atoms with Gasteiger partial charge in [0.15, 0.2) is 0 Å². The number of anilines is 1. The van der Waals surface area contributed by atoms with Gasteiger partial charge >= 0.3 is 0 Å². The van der Waals surface area contributed by atoms with E-state index >= 15 is 0 Å². The highest BCUT2D eigenvalue weighted by Gasteiger charge is 2.24. The Labute approximate surface area is 276 Å². The predicted molar refractivity (Wildman–Crippen MR) is 185 cm³/mol. The fourth-order valence-corrected chi connectivity index (χ4v) is 5.82. The molecule has 9 nitrogen and oxygen atoms in total. The zero-order valence-electron chi connectivity index (χ0n) is 27.9. The zero-order chi connectivity index (χ0) is 33.4. The number of nitrogens with one attached hydrogen (secondary N) is 2. The van der Waals surface area contributed by atoms with E-state index < -0.39 is 12.1 Å². The van der Waals surface area contributed by atoms with Gasteiger partial charge in [0.05, 0.1) is 18.7 Å². The molecule has 0 bridgehead atoms. The molecule has 0 saturated carbocycles. The van der Waals surface area contributed by atoms with Crippen LogP contribution in [0.2, 0.25) is 0 Å². The molecule has 10 heteroatoms. The van der Waals surface area contributed by atoms with Crippen LogP contribution in [0.4, 0.5) is 5.69 Å². The third kappa shape index (κ3) is 9.69. The summed E-state index contributed by atoms with van der Waals surface area (Å²) in [4.78, 5) is 39.6. The summed E-state index contributed by atoms with van der Waals surface area (Å²) >= 11 is 1.51. The lowest BCUT2D eigenvalue weighted by Crippen LogP contribution is -2.48. The third-order valence-corrected chi connectivity index (χ3v) is 8.70. The Bertz CT molecular complexity index is 1620. The standard InChI is InChI=1S/C36H46N6O3S/c1-24-23-46-33(39-24)22-42(7)35(45)28-15-27(16-30(17-28)41(5)6)34(44)40-31(14-25-11-9-8-10-12-25)32(43)21-38-19-26-13-29(20-37-18-26)36(2,3)4/h8-13,15-18,20,23,31-32,38,43H,14,19,21-22H2,1-7H3,(H,40,44)/t31-,32+/m0/s1. The van der Waals surface area contributed by atoms with Gasteiger partial charge in [-0.25, -0.2) is 4.98 Å². The first-order valence-corrected chi connectivity index (χ1v) is 16.3. The molecule has 0 saturated heterocycles. The molecule has 0 aliphatic heterocycles. The molecule has 46 heavy (non-hydrogen) atoms. The van der Waals surface area contributed by atoms with Crippen molar-refractivity contribution >= 4 is 28.8 Å². The Hall–Kier alpha value is -4.12. The number of aliphatic hydroxyl groups excluding tert-OH is 1. The molecule has 0 unspecified atom stereocenters. The lowest BCUT2D eigenvalue weighted by molar-refractivity contribution is 0.0784. The minimum Gasteiger partial charge on any atom is -0.390 e. The number of hydrogen-bond donors (Lipinski definition) is 3. The van der Waals surface area contributed by atoms with Crippen molar-refractivity contribution in [2.24, 2.45) is 0 Å². The van der Waals surface area contributed by atoms with Crippen LogP contribution >= 0.6 is 11.3 Å². The smallest absolute Gasteiger partial charge is 0.254 e. The summed E-state index contributed by atoms with van der Waals surface area (Å²) in [7, 11) is 5.47. The fourth-order valence-electron chi connectivity index (χ4n) is 5.00. The van der Waals surface area contributed by atoms with Gasteiger partial charge < -0.3 is 25.5 Å². The number of amides is 2. The number of carbonyl (C=O) groups is 2. The second kappa shape index (κ2) is 15.4. The van der Waals surface area contributed by atoms with Gasteiger partial charge in [0, 0.05) is 74.5 Å². The topological polar surface area (TPSA) is 111 Å². The molecule has 4 rings (SSSR count). The number of hydrogen-bond acceptors (Lipinski definition) is 8. The van der Waals surface area contributed by atoms with Gasteiger partial charge in [0.25, 0.3) is 11.8 Å². The van der Waals surface area contributed by atoms with E-state index in [-0.39, 0.29) is 23.8 Å². The Morgan fingerprint density at radius 3 is 2.35 bits per heavy atom. The van der Waals surface area contributed by atoms with E-state index in [1.807, 2.05) is 74.0 Å². The van der Waals surface area contributed by atoms with Crippen LogP contribution < -0.4 is 15.5 Å². The van der Waals surface area contributed by atoms with Crippen molar-refractivity contribution in [1.29, 1.82) is 0 Å². The maximum Gasteiger partial charge on any atom is 0.254 e. The van der Waals surface area contributed by atoms with Gasteiger partial charge in [-0.2, -0.15) is 0 Å². The molecule has 2 heterocycles. The molecule has 244 valence electrons. The fraction of sp³-hybridized carbons (Fsp3) is 0.389. The predicted octanol–water partition coefficient (Wildman–Crippen LogP) is 4.97. The van der Waals surface area contributed by atoms with Gasteiger partial charge in [-0.15, -0.1) is 11.3 Å². The molecule has 0 spiro atoms. The summed E-state index contributed by atoms with van der Waals surface area (Å²) in [5.74, 6) is -0.571. The van der Waals surface area contributed by atoms with Crippen LogP contribution in [0, 0.1) is 6.92 Å². The highest BCUT2D eigenvalue weighted by atomic mass is 32.1. The Morgan fingerprint density at radius 1 is 0.978 bits per heavy atom. The van der Waals surface area contributed by atoms with E-state index in [9.17, 15) is 14.7 Å². The van der Waals surface area contributed by atoms with Crippen LogP contribution in [0.1, 0.15) is 68.9 Å². The van der Waals surface area contributed by atoms with Crippen LogP contribution in [-0.2, 0) is 24.9 Å². The van der Waals surface area contributed by atoms with Crippen molar-refractivity contribution in [1.82, 2.24) is 25.5 Å². The molecule has 4 aromatic rings. The Kier molecular flexibility index (Phi) is 11.7. The Balaban J connectivity index is 1.51. The SMILES string of the molecule is Cc1csc(CN(C)C(=O)c2cc(C(=O)N[C@@H](Cc3ccccc3)[C@H](O)CNCc3cncc(C(C)(C)C)c3)cc(N(C)C)c2)n1. The lowest BCUT2D eigenvalue weighted by Gasteiger charge is -2.26. The second-order valence-corrected chi connectivity index (χ2v) is 13.9. The van der Waals surface area contributed by atoms with E-state index in [1.165, 1.54) is 11.3 Å². The monoisotopic (exact) mass is 642 g/mol. The van der Waals surface area contributed by atoms with Crippen LogP contribution in [0.3, 0.4) is 0 Å². The molecule has 2 aromatic carbocycles. The molecule has 0 aliphatic rings. The zero-order valence-corrected chi connectivity index (χ0v) is 28.7. The number of benzene rings is 2. The quantitative estimate of drug-likeness (QED) is 0.189. The van der Waals surface area contributed by atoms with Crippen molar-refractivity contribution < 1.29 is 14.7 Å². The van der Waals surface area contributed by atoms with Crippen LogP contribution in [-0.4, -0.2) is 71.6 Å². The summed E-state index contributed by atoms with van der Waals surface area (Å²) < 4.78 is 0. The van der Waals surface area contributed by atoms with Gasteiger partial charge in [-0.05, 0) is 53.6 Å². The summed E-state index contributed by atoms with van der Waals surface area (Å²) in [6, 6.07) is 16.5. The number of aromatic nitrogens is 2. The number of rotatable bonds is 13. The highest BCUT2D eigenvalue weighted by Crippen LogP contribution is 2.23. The summed E-state index contributed by atoms with van der Waals surface area (Å²) in [6.07, 6.45) is 3.26. The number of aryl methyl sites for hydroxylation is 1. The summed E-state index contributed by atoms with van der Waals surface area (Å²) in [5, 5.41) is 20.6. The summed E-state index contributed by atoms with van der Waals surface area (Å²) in [5.41, 5.74) is 5.53. The molecule has 0 fully saturated rings. The van der Waals surface area contributed by atoms with Gasteiger partial charge in [0.2, 0.25) is 0 Å². The first-order valence-electron chi connectivity index (χ1n) is 15.5. The maximum absolute atomic E-state index is 13.8. The summed E-state index contributed by atoms with van der Waals surface area (Å²) in [6.45, 7) is 9.54. The molecular weight excluding hydrogens is 597 g/mol. The minimum absolute atomic E-state index is 0.0161. The number of thiazole rings is 1. The van der Waals surface area contributed by atoms with Crippen LogP contribution in [0.15, 0.2) is 72.4 Å². The molecule has 0 radical (unpaired) electrons. The molecular formula is C36H46N6O3S. The molecule has 2 atom stereocenters. The first-order chi connectivity index (χ1) is 21.8. The van der Waals surface area contributed by atoms with E-state index in [2.05, 4.69) is 47.4 Å². The lowest BCUT2D eigenvalue weighted by atomic mass is 9.88. The number of nitrogens with zero attached hydrogens (tertiary/aromatic N) is 4.